The van der Waals surface area contributed by atoms with Crippen molar-refractivity contribution >= 4 is 11.8 Å². The highest BCUT2D eigenvalue weighted by molar-refractivity contribution is 7.99. The normalized spacial score (nSPS) is 14.7. The van der Waals surface area contributed by atoms with Gasteiger partial charge in [0.25, 0.3) is 0 Å². The average molecular weight is 239 g/mol. The van der Waals surface area contributed by atoms with E-state index in [1.807, 2.05) is 6.20 Å². The van der Waals surface area contributed by atoms with Gasteiger partial charge in [0.2, 0.25) is 0 Å². The largest absolute Gasteiger partial charge is 0.313 e. The van der Waals surface area contributed by atoms with Crippen LogP contribution in [-0.2, 0) is 0 Å². The second-order valence-corrected chi connectivity index (χ2v) is 4.94. The first-order valence-electron chi connectivity index (χ1n) is 5.90. The molecular formula is C12H21N3S. The molecule has 16 heavy (non-hydrogen) atoms. The van der Waals surface area contributed by atoms with Gasteiger partial charge in [-0.3, -0.25) is 4.98 Å². The molecule has 0 aromatic carbocycles. The molecule has 0 amide bonds. The van der Waals surface area contributed by atoms with Crippen LogP contribution >= 0.6 is 11.8 Å². The highest BCUT2D eigenvalue weighted by Gasteiger charge is 2.14. The van der Waals surface area contributed by atoms with Crippen molar-refractivity contribution in [2.75, 3.05) is 12.3 Å². The molecule has 0 spiro atoms. The zero-order chi connectivity index (χ0) is 11.8. The van der Waals surface area contributed by atoms with Gasteiger partial charge in [0.05, 0.1) is 6.20 Å². The maximum absolute atomic E-state index is 4.27. The molecule has 0 saturated carbocycles. The van der Waals surface area contributed by atoms with Crippen LogP contribution in [0.25, 0.3) is 0 Å². The number of aromatic nitrogens is 2. The lowest BCUT2D eigenvalue weighted by molar-refractivity contribution is 0.404. The predicted molar refractivity (Wildman–Crippen MR) is 69.7 cm³/mol. The summed E-state index contributed by atoms with van der Waals surface area (Å²) in [5, 5.41) is 4.54. The molecule has 0 fully saturated rings. The van der Waals surface area contributed by atoms with E-state index in [0.29, 0.717) is 12.0 Å². The van der Waals surface area contributed by atoms with Crippen LogP contribution in [0.2, 0.25) is 0 Å². The van der Waals surface area contributed by atoms with Crippen molar-refractivity contribution in [2.45, 2.75) is 38.3 Å². The Morgan fingerprint density at radius 3 is 2.75 bits per heavy atom. The van der Waals surface area contributed by atoms with E-state index in [-0.39, 0.29) is 0 Å². The Morgan fingerprint density at radius 2 is 2.19 bits per heavy atom. The zero-order valence-corrected chi connectivity index (χ0v) is 11.1. The van der Waals surface area contributed by atoms with Crippen molar-refractivity contribution in [1.82, 2.24) is 15.3 Å². The summed E-state index contributed by atoms with van der Waals surface area (Å²) in [6.45, 7) is 7.71. The summed E-state index contributed by atoms with van der Waals surface area (Å²) in [5.41, 5.74) is 0. The van der Waals surface area contributed by atoms with Crippen molar-refractivity contribution < 1.29 is 0 Å². The number of thioether (sulfide) groups is 1. The Labute approximate surface area is 102 Å². The number of hydrogen-bond acceptors (Lipinski definition) is 4. The summed E-state index contributed by atoms with van der Waals surface area (Å²) < 4.78 is 0. The SMILES string of the molecule is CCNC(CSc1cnccn1)C(C)CC. The molecule has 1 heterocycles. The van der Waals surface area contributed by atoms with E-state index >= 15 is 0 Å². The minimum atomic E-state index is 0.557. The van der Waals surface area contributed by atoms with E-state index in [0.717, 1.165) is 17.3 Å². The van der Waals surface area contributed by atoms with E-state index in [2.05, 4.69) is 36.1 Å². The third kappa shape index (κ3) is 4.49. The Balaban J connectivity index is 2.43. The lowest BCUT2D eigenvalue weighted by Gasteiger charge is -2.23. The third-order valence-electron chi connectivity index (χ3n) is 2.75. The van der Waals surface area contributed by atoms with Gasteiger partial charge in [-0.25, -0.2) is 4.98 Å². The van der Waals surface area contributed by atoms with Crippen LogP contribution < -0.4 is 5.32 Å². The molecule has 0 bridgehead atoms. The summed E-state index contributed by atoms with van der Waals surface area (Å²) in [4.78, 5) is 8.34. The molecule has 0 aliphatic carbocycles. The van der Waals surface area contributed by atoms with Gasteiger partial charge in [-0.2, -0.15) is 0 Å². The topological polar surface area (TPSA) is 37.8 Å². The van der Waals surface area contributed by atoms with Crippen LogP contribution in [0.5, 0.6) is 0 Å². The van der Waals surface area contributed by atoms with Gasteiger partial charge < -0.3 is 5.32 Å². The summed E-state index contributed by atoms with van der Waals surface area (Å²) in [5.74, 6) is 1.76. The Morgan fingerprint density at radius 1 is 1.38 bits per heavy atom. The highest BCUT2D eigenvalue weighted by Crippen LogP contribution is 2.18. The van der Waals surface area contributed by atoms with E-state index in [9.17, 15) is 0 Å². The third-order valence-corrected chi connectivity index (χ3v) is 3.78. The van der Waals surface area contributed by atoms with Crippen LogP contribution in [0.15, 0.2) is 23.6 Å². The van der Waals surface area contributed by atoms with Crippen molar-refractivity contribution in [1.29, 1.82) is 0 Å². The van der Waals surface area contributed by atoms with Crippen LogP contribution in [-0.4, -0.2) is 28.3 Å². The van der Waals surface area contributed by atoms with E-state index < -0.39 is 0 Å². The fraction of sp³-hybridized carbons (Fsp3) is 0.667. The average Bonchev–Trinajstić information content (AvgIpc) is 2.34. The molecule has 3 nitrogen and oxygen atoms in total. The van der Waals surface area contributed by atoms with Gasteiger partial charge in [-0.1, -0.05) is 27.2 Å². The van der Waals surface area contributed by atoms with Crippen LogP contribution in [0.3, 0.4) is 0 Å². The molecule has 0 radical (unpaired) electrons. The smallest absolute Gasteiger partial charge is 0.114 e. The van der Waals surface area contributed by atoms with Gasteiger partial charge in [-0.05, 0) is 12.5 Å². The molecule has 0 aliphatic heterocycles. The summed E-state index contributed by atoms with van der Waals surface area (Å²) in [6, 6.07) is 0.557. The lowest BCUT2D eigenvalue weighted by Crippen LogP contribution is -2.36. The molecule has 1 aromatic rings. The van der Waals surface area contributed by atoms with E-state index in [4.69, 9.17) is 0 Å². The standard InChI is InChI=1S/C12H21N3S/c1-4-10(3)11(14-5-2)9-16-12-8-13-6-7-15-12/h6-8,10-11,14H,4-5,9H2,1-3H3. The first kappa shape index (κ1) is 13.5. The number of hydrogen-bond donors (Lipinski definition) is 1. The minimum Gasteiger partial charge on any atom is -0.313 e. The molecule has 4 heteroatoms. The first-order valence-corrected chi connectivity index (χ1v) is 6.88. The van der Waals surface area contributed by atoms with Crippen LogP contribution in [0.1, 0.15) is 27.2 Å². The van der Waals surface area contributed by atoms with E-state index in [1.165, 1.54) is 6.42 Å². The zero-order valence-electron chi connectivity index (χ0n) is 10.3. The first-order chi connectivity index (χ1) is 7.77. The minimum absolute atomic E-state index is 0.557. The number of nitrogens with one attached hydrogen (secondary N) is 1. The molecule has 2 atom stereocenters. The monoisotopic (exact) mass is 239 g/mol. The van der Waals surface area contributed by atoms with Gasteiger partial charge >= 0.3 is 0 Å². The predicted octanol–water partition coefficient (Wildman–Crippen LogP) is 2.59. The van der Waals surface area contributed by atoms with Crippen molar-refractivity contribution in [3.63, 3.8) is 0 Å². The second-order valence-electron chi connectivity index (χ2n) is 3.90. The molecule has 1 rings (SSSR count). The van der Waals surface area contributed by atoms with Crippen molar-refractivity contribution in [2.24, 2.45) is 5.92 Å². The van der Waals surface area contributed by atoms with Gasteiger partial charge in [0, 0.05) is 24.2 Å². The summed E-state index contributed by atoms with van der Waals surface area (Å²) in [7, 11) is 0. The fourth-order valence-electron chi connectivity index (χ4n) is 1.51. The summed E-state index contributed by atoms with van der Waals surface area (Å²) >= 11 is 1.78. The number of nitrogens with zero attached hydrogens (tertiary/aromatic N) is 2. The number of rotatable bonds is 7. The molecule has 0 aliphatic rings. The lowest BCUT2D eigenvalue weighted by atomic mass is 10.0. The van der Waals surface area contributed by atoms with E-state index in [1.54, 1.807) is 24.2 Å². The highest BCUT2D eigenvalue weighted by atomic mass is 32.2. The van der Waals surface area contributed by atoms with Crippen LogP contribution in [0, 0.1) is 5.92 Å². The second kappa shape index (κ2) is 7.63. The molecular weight excluding hydrogens is 218 g/mol. The van der Waals surface area contributed by atoms with Crippen LogP contribution in [0.4, 0.5) is 0 Å². The molecule has 1 N–H and O–H groups in total. The Kier molecular flexibility index (Phi) is 6.42. The molecule has 90 valence electrons. The summed E-state index contributed by atoms with van der Waals surface area (Å²) in [6.07, 6.45) is 6.48. The maximum atomic E-state index is 4.27. The molecule has 2 unspecified atom stereocenters. The maximum Gasteiger partial charge on any atom is 0.114 e. The van der Waals surface area contributed by atoms with Gasteiger partial charge in [-0.15, -0.1) is 11.8 Å². The Bertz CT molecular complexity index is 279. The van der Waals surface area contributed by atoms with Gasteiger partial charge in [0.15, 0.2) is 0 Å². The quantitative estimate of drug-likeness (QED) is 0.742. The van der Waals surface area contributed by atoms with Gasteiger partial charge in [0.1, 0.15) is 5.03 Å². The Hall–Kier alpha value is -0.610. The van der Waals surface area contributed by atoms with Crippen molar-refractivity contribution in [3.8, 4) is 0 Å². The molecule has 0 saturated heterocycles. The molecule has 1 aromatic heterocycles. The fourth-order valence-corrected chi connectivity index (χ4v) is 2.57. The van der Waals surface area contributed by atoms with Crippen molar-refractivity contribution in [3.05, 3.63) is 18.6 Å².